The number of hydrogen-bond donors (Lipinski definition) is 0. The first-order valence-corrected chi connectivity index (χ1v) is 7.91. The number of halogens is 1. The largest absolute Gasteiger partial charge is 0.143 e. The average molecular weight is 301 g/mol. The van der Waals surface area contributed by atoms with Gasteiger partial charge in [0, 0.05) is 4.47 Å². The maximum atomic E-state index is 3.56. The minimum Gasteiger partial charge on any atom is -0.143 e. The van der Waals surface area contributed by atoms with Crippen molar-refractivity contribution < 1.29 is 0 Å². The van der Waals surface area contributed by atoms with Gasteiger partial charge in [-0.1, -0.05) is 46.3 Å². The average Bonchev–Trinajstić information content (AvgIpc) is 2.29. The summed E-state index contributed by atoms with van der Waals surface area (Å²) in [6.07, 6.45) is 5.89. The van der Waals surface area contributed by atoms with Crippen LogP contribution < -0.4 is 0 Å². The van der Waals surface area contributed by atoms with Crippen molar-refractivity contribution >= 4 is 45.5 Å². The molecule has 0 radical (unpaired) electrons. The SMILES string of the molecule is Brc1ccccc1C=CC1SCCCS1. The summed E-state index contributed by atoms with van der Waals surface area (Å²) in [6.45, 7) is 0. The molecular formula is C12H13BrS2. The van der Waals surface area contributed by atoms with E-state index in [9.17, 15) is 0 Å². The van der Waals surface area contributed by atoms with E-state index in [1.165, 1.54) is 28.0 Å². The first-order chi connectivity index (χ1) is 7.36. The van der Waals surface area contributed by atoms with Crippen molar-refractivity contribution in [1.29, 1.82) is 0 Å². The fourth-order valence-corrected chi connectivity index (χ4v) is 4.44. The van der Waals surface area contributed by atoms with Gasteiger partial charge in [0.05, 0.1) is 4.58 Å². The van der Waals surface area contributed by atoms with E-state index in [0.717, 1.165) is 0 Å². The van der Waals surface area contributed by atoms with E-state index in [-0.39, 0.29) is 0 Å². The summed E-state index contributed by atoms with van der Waals surface area (Å²) < 4.78 is 1.82. The van der Waals surface area contributed by atoms with Crippen molar-refractivity contribution in [2.45, 2.75) is 11.0 Å². The van der Waals surface area contributed by atoms with E-state index < -0.39 is 0 Å². The summed E-state index contributed by atoms with van der Waals surface area (Å²) in [7, 11) is 0. The molecule has 2 rings (SSSR count). The van der Waals surface area contributed by atoms with Gasteiger partial charge in [0.15, 0.2) is 0 Å². The molecule has 0 spiro atoms. The van der Waals surface area contributed by atoms with E-state index >= 15 is 0 Å². The van der Waals surface area contributed by atoms with E-state index in [1.54, 1.807) is 0 Å². The summed E-state index contributed by atoms with van der Waals surface area (Å²) in [5.41, 5.74) is 1.27. The topological polar surface area (TPSA) is 0 Å². The Balaban J connectivity index is 2.01. The van der Waals surface area contributed by atoms with Gasteiger partial charge in [0.2, 0.25) is 0 Å². The number of benzene rings is 1. The standard InChI is InChI=1S/C12H13BrS2/c13-11-5-2-1-4-10(11)6-7-12-14-8-3-9-15-12/h1-2,4-7,12H,3,8-9H2. The van der Waals surface area contributed by atoms with Gasteiger partial charge in [-0.25, -0.2) is 0 Å². The van der Waals surface area contributed by atoms with Gasteiger partial charge >= 0.3 is 0 Å². The third-order valence-corrected chi connectivity index (χ3v) is 5.75. The van der Waals surface area contributed by atoms with Crippen molar-refractivity contribution in [3.63, 3.8) is 0 Å². The zero-order valence-electron chi connectivity index (χ0n) is 8.36. The Morgan fingerprint density at radius 1 is 1.20 bits per heavy atom. The Morgan fingerprint density at radius 3 is 2.67 bits per heavy atom. The molecule has 0 N–H and O–H groups in total. The molecule has 1 fully saturated rings. The molecular weight excluding hydrogens is 288 g/mol. The van der Waals surface area contributed by atoms with Gasteiger partial charge < -0.3 is 0 Å². The van der Waals surface area contributed by atoms with Gasteiger partial charge in [-0.15, -0.1) is 23.5 Å². The molecule has 0 saturated carbocycles. The zero-order valence-corrected chi connectivity index (χ0v) is 11.6. The molecule has 3 heteroatoms. The lowest BCUT2D eigenvalue weighted by molar-refractivity contribution is 1.11. The van der Waals surface area contributed by atoms with Crippen LogP contribution in [-0.2, 0) is 0 Å². The van der Waals surface area contributed by atoms with Gasteiger partial charge in [0.25, 0.3) is 0 Å². The molecule has 80 valence electrons. The third kappa shape index (κ3) is 3.58. The highest BCUT2D eigenvalue weighted by atomic mass is 79.9. The van der Waals surface area contributed by atoms with Crippen LogP contribution in [0.15, 0.2) is 34.8 Å². The number of hydrogen-bond acceptors (Lipinski definition) is 2. The smallest absolute Gasteiger partial charge is 0.0685 e. The van der Waals surface area contributed by atoms with Crippen molar-refractivity contribution in [2.75, 3.05) is 11.5 Å². The molecule has 1 aromatic rings. The molecule has 1 heterocycles. The molecule has 0 atom stereocenters. The monoisotopic (exact) mass is 300 g/mol. The van der Waals surface area contributed by atoms with Gasteiger partial charge in [-0.3, -0.25) is 0 Å². The first-order valence-electron chi connectivity index (χ1n) is 5.02. The highest BCUT2D eigenvalue weighted by Crippen LogP contribution is 2.32. The molecule has 0 aliphatic carbocycles. The molecule has 1 aromatic carbocycles. The normalized spacial score (nSPS) is 18.5. The lowest BCUT2D eigenvalue weighted by Crippen LogP contribution is -2.02. The van der Waals surface area contributed by atoms with Crippen LogP contribution in [0.5, 0.6) is 0 Å². The van der Waals surface area contributed by atoms with Crippen LogP contribution in [0.3, 0.4) is 0 Å². The Kier molecular flexibility index (Phi) is 4.66. The maximum absolute atomic E-state index is 3.56. The highest BCUT2D eigenvalue weighted by molar-refractivity contribution is 9.10. The van der Waals surface area contributed by atoms with Crippen LogP contribution in [0.25, 0.3) is 6.08 Å². The Labute approximate surface area is 108 Å². The molecule has 1 aliphatic heterocycles. The van der Waals surface area contributed by atoms with Crippen molar-refractivity contribution in [3.8, 4) is 0 Å². The van der Waals surface area contributed by atoms with Gasteiger partial charge in [0.1, 0.15) is 0 Å². The predicted molar refractivity (Wildman–Crippen MR) is 76.5 cm³/mol. The van der Waals surface area contributed by atoms with E-state index in [1.807, 2.05) is 29.6 Å². The fourth-order valence-electron chi connectivity index (χ4n) is 1.41. The molecule has 1 aliphatic rings. The lowest BCUT2D eigenvalue weighted by atomic mass is 10.2. The van der Waals surface area contributed by atoms with Gasteiger partial charge in [-0.2, -0.15) is 0 Å². The van der Waals surface area contributed by atoms with Crippen molar-refractivity contribution in [3.05, 3.63) is 40.4 Å². The fraction of sp³-hybridized carbons (Fsp3) is 0.333. The molecule has 0 amide bonds. The van der Waals surface area contributed by atoms with Crippen molar-refractivity contribution in [2.24, 2.45) is 0 Å². The van der Waals surface area contributed by atoms with Crippen LogP contribution in [0.2, 0.25) is 0 Å². The number of thioether (sulfide) groups is 2. The van der Waals surface area contributed by atoms with E-state index in [2.05, 4.69) is 46.3 Å². The molecule has 1 saturated heterocycles. The Hall–Kier alpha value is 0.140. The second-order valence-corrected chi connectivity index (χ2v) is 7.00. The first kappa shape index (κ1) is 11.6. The minimum absolute atomic E-state index is 0.644. The van der Waals surface area contributed by atoms with Gasteiger partial charge in [-0.05, 0) is 29.6 Å². The molecule has 15 heavy (non-hydrogen) atoms. The number of rotatable bonds is 2. The third-order valence-electron chi connectivity index (χ3n) is 2.19. The van der Waals surface area contributed by atoms with E-state index in [0.29, 0.717) is 4.58 Å². The van der Waals surface area contributed by atoms with E-state index in [4.69, 9.17) is 0 Å². The summed E-state index contributed by atoms with van der Waals surface area (Å²) in [6, 6.07) is 8.34. The quantitative estimate of drug-likeness (QED) is 0.779. The highest BCUT2D eigenvalue weighted by Gasteiger charge is 2.10. The second-order valence-electron chi connectivity index (χ2n) is 3.34. The Bertz CT molecular complexity index is 343. The second kappa shape index (κ2) is 6.02. The Morgan fingerprint density at radius 2 is 1.93 bits per heavy atom. The lowest BCUT2D eigenvalue weighted by Gasteiger charge is -2.17. The van der Waals surface area contributed by atoms with Crippen LogP contribution >= 0.6 is 39.5 Å². The summed E-state index contributed by atoms with van der Waals surface area (Å²) in [5, 5.41) is 0. The summed E-state index contributed by atoms with van der Waals surface area (Å²) in [4.78, 5) is 0. The molecule has 0 unspecified atom stereocenters. The van der Waals surface area contributed by atoms with Crippen LogP contribution in [-0.4, -0.2) is 16.1 Å². The summed E-state index contributed by atoms with van der Waals surface area (Å²) in [5.74, 6) is 2.61. The molecule has 0 aromatic heterocycles. The predicted octanol–water partition coefficient (Wildman–Crippen LogP) is 4.66. The molecule has 0 nitrogen and oxygen atoms in total. The van der Waals surface area contributed by atoms with Crippen LogP contribution in [0.4, 0.5) is 0 Å². The van der Waals surface area contributed by atoms with Crippen molar-refractivity contribution in [1.82, 2.24) is 0 Å². The molecule has 0 bridgehead atoms. The zero-order chi connectivity index (χ0) is 10.5. The van der Waals surface area contributed by atoms with Crippen LogP contribution in [0.1, 0.15) is 12.0 Å². The summed E-state index contributed by atoms with van der Waals surface area (Å²) >= 11 is 7.65. The minimum atomic E-state index is 0.644. The van der Waals surface area contributed by atoms with Crippen LogP contribution in [0, 0.1) is 0 Å². The maximum Gasteiger partial charge on any atom is 0.0685 e.